The molecule has 1 saturated carbocycles. The number of rotatable bonds is 3. The second-order valence-corrected chi connectivity index (χ2v) is 6.10. The predicted molar refractivity (Wildman–Crippen MR) is 69.2 cm³/mol. The van der Waals surface area contributed by atoms with Gasteiger partial charge >= 0.3 is 0 Å². The molecule has 1 fully saturated rings. The van der Waals surface area contributed by atoms with Gasteiger partial charge in [-0.3, -0.25) is 0 Å². The van der Waals surface area contributed by atoms with Crippen molar-refractivity contribution in [1.29, 1.82) is 0 Å². The third-order valence-corrected chi connectivity index (χ3v) is 3.86. The number of hydrogen-bond donors (Lipinski definition) is 1. The van der Waals surface area contributed by atoms with Gasteiger partial charge in [-0.1, -0.05) is 13.8 Å². The fourth-order valence-corrected chi connectivity index (χ4v) is 2.58. The van der Waals surface area contributed by atoms with Crippen LogP contribution in [0.25, 0.3) is 0 Å². The second-order valence-electron chi connectivity index (χ2n) is 6.10. The van der Waals surface area contributed by atoms with Crippen molar-refractivity contribution in [2.45, 2.75) is 52.1 Å². The molecule has 1 aromatic rings. The first-order valence-corrected chi connectivity index (χ1v) is 6.63. The fourth-order valence-electron chi connectivity index (χ4n) is 2.58. The van der Waals surface area contributed by atoms with Crippen molar-refractivity contribution in [3.8, 4) is 0 Å². The van der Waals surface area contributed by atoms with Gasteiger partial charge in [-0.05, 0) is 48.8 Å². The molecular formula is C15H21F2N. The highest BCUT2D eigenvalue weighted by Crippen LogP contribution is 2.35. The van der Waals surface area contributed by atoms with Crippen LogP contribution < -0.4 is 5.32 Å². The smallest absolute Gasteiger partial charge is 0.126 e. The Hall–Kier alpha value is -0.960. The van der Waals surface area contributed by atoms with Crippen molar-refractivity contribution in [3.63, 3.8) is 0 Å². The standard InChI is InChI=1S/C15H21F2N/c1-15(2)5-3-14(4-6-15)18-10-11-7-12(16)9-13(17)8-11/h7-9,14,18H,3-6,10H2,1-2H3. The Balaban J connectivity index is 1.85. The Morgan fingerprint density at radius 3 is 2.22 bits per heavy atom. The van der Waals surface area contributed by atoms with E-state index in [1.54, 1.807) is 0 Å². The lowest BCUT2D eigenvalue weighted by atomic mass is 9.75. The van der Waals surface area contributed by atoms with E-state index in [9.17, 15) is 8.78 Å². The van der Waals surface area contributed by atoms with Gasteiger partial charge in [0.05, 0.1) is 0 Å². The Kier molecular flexibility index (Phi) is 4.00. The molecule has 2 rings (SSSR count). The number of halogens is 2. The maximum absolute atomic E-state index is 13.0. The van der Waals surface area contributed by atoms with E-state index in [4.69, 9.17) is 0 Å². The molecule has 0 aromatic heterocycles. The average Bonchev–Trinajstić information content (AvgIpc) is 2.26. The highest BCUT2D eigenvalue weighted by Gasteiger charge is 2.26. The Bertz CT molecular complexity index is 385. The van der Waals surface area contributed by atoms with Crippen LogP contribution in [-0.4, -0.2) is 6.04 Å². The minimum absolute atomic E-state index is 0.448. The van der Waals surface area contributed by atoms with Crippen molar-refractivity contribution in [2.24, 2.45) is 5.41 Å². The van der Waals surface area contributed by atoms with Crippen LogP contribution >= 0.6 is 0 Å². The van der Waals surface area contributed by atoms with Gasteiger partial charge in [-0.2, -0.15) is 0 Å². The van der Waals surface area contributed by atoms with E-state index in [1.165, 1.54) is 25.0 Å². The van der Waals surface area contributed by atoms with Crippen LogP contribution in [0.15, 0.2) is 18.2 Å². The molecular weight excluding hydrogens is 232 g/mol. The molecule has 18 heavy (non-hydrogen) atoms. The van der Waals surface area contributed by atoms with Crippen molar-refractivity contribution in [3.05, 3.63) is 35.4 Å². The van der Waals surface area contributed by atoms with Crippen molar-refractivity contribution in [2.75, 3.05) is 0 Å². The maximum Gasteiger partial charge on any atom is 0.126 e. The topological polar surface area (TPSA) is 12.0 Å². The Morgan fingerprint density at radius 1 is 1.11 bits per heavy atom. The normalized spacial score (nSPS) is 20.0. The molecule has 0 saturated heterocycles. The summed E-state index contributed by atoms with van der Waals surface area (Å²) in [5.74, 6) is -1.01. The van der Waals surface area contributed by atoms with Crippen LogP contribution in [0.4, 0.5) is 8.78 Å². The van der Waals surface area contributed by atoms with Gasteiger partial charge in [0.2, 0.25) is 0 Å². The summed E-state index contributed by atoms with van der Waals surface area (Å²) in [5, 5.41) is 3.40. The monoisotopic (exact) mass is 253 g/mol. The Labute approximate surface area is 108 Å². The van der Waals surface area contributed by atoms with Crippen LogP contribution in [0.3, 0.4) is 0 Å². The molecule has 0 radical (unpaired) electrons. The summed E-state index contributed by atoms with van der Waals surface area (Å²) in [7, 11) is 0. The number of nitrogens with one attached hydrogen (secondary N) is 1. The second kappa shape index (κ2) is 5.35. The quantitative estimate of drug-likeness (QED) is 0.857. The van der Waals surface area contributed by atoms with Gasteiger partial charge in [0, 0.05) is 18.7 Å². The van der Waals surface area contributed by atoms with Crippen LogP contribution in [0.2, 0.25) is 0 Å². The molecule has 0 aliphatic heterocycles. The first-order chi connectivity index (χ1) is 8.44. The molecule has 0 atom stereocenters. The van der Waals surface area contributed by atoms with Crippen LogP contribution in [0.5, 0.6) is 0 Å². The van der Waals surface area contributed by atoms with E-state index in [0.29, 0.717) is 23.6 Å². The highest BCUT2D eigenvalue weighted by molar-refractivity contribution is 5.17. The van der Waals surface area contributed by atoms with E-state index in [1.807, 2.05) is 0 Å². The lowest BCUT2D eigenvalue weighted by Gasteiger charge is -2.34. The molecule has 0 spiro atoms. The number of benzene rings is 1. The van der Waals surface area contributed by atoms with Gasteiger partial charge in [0.15, 0.2) is 0 Å². The summed E-state index contributed by atoms with van der Waals surface area (Å²) in [6, 6.07) is 4.17. The van der Waals surface area contributed by atoms with Gasteiger partial charge in [-0.25, -0.2) is 8.78 Å². The van der Waals surface area contributed by atoms with Crippen LogP contribution in [0, 0.1) is 17.0 Å². The molecule has 1 nitrogen and oxygen atoms in total. The largest absolute Gasteiger partial charge is 0.310 e. The van der Waals surface area contributed by atoms with Crippen molar-refractivity contribution < 1.29 is 8.78 Å². The molecule has 1 N–H and O–H groups in total. The molecule has 0 heterocycles. The van der Waals surface area contributed by atoms with Gasteiger partial charge in [0.25, 0.3) is 0 Å². The molecule has 100 valence electrons. The average molecular weight is 253 g/mol. The summed E-state index contributed by atoms with van der Waals surface area (Å²) in [4.78, 5) is 0. The predicted octanol–water partition coefficient (Wildman–Crippen LogP) is 4.02. The first kappa shape index (κ1) is 13.5. The minimum Gasteiger partial charge on any atom is -0.310 e. The fraction of sp³-hybridized carbons (Fsp3) is 0.600. The van der Waals surface area contributed by atoms with Gasteiger partial charge < -0.3 is 5.32 Å². The molecule has 0 unspecified atom stereocenters. The Morgan fingerprint density at radius 2 is 1.67 bits per heavy atom. The zero-order valence-electron chi connectivity index (χ0n) is 11.1. The third kappa shape index (κ3) is 3.77. The summed E-state index contributed by atoms with van der Waals surface area (Å²) < 4.78 is 26.1. The number of hydrogen-bond acceptors (Lipinski definition) is 1. The highest BCUT2D eigenvalue weighted by atomic mass is 19.1. The summed E-state index contributed by atoms with van der Waals surface area (Å²) >= 11 is 0. The summed E-state index contributed by atoms with van der Waals surface area (Å²) in [5.41, 5.74) is 1.13. The SMILES string of the molecule is CC1(C)CCC(NCc2cc(F)cc(F)c2)CC1. The summed E-state index contributed by atoms with van der Waals surface area (Å²) in [6.07, 6.45) is 4.71. The van der Waals surface area contributed by atoms with E-state index < -0.39 is 11.6 Å². The van der Waals surface area contributed by atoms with E-state index in [0.717, 1.165) is 18.9 Å². The van der Waals surface area contributed by atoms with Crippen LogP contribution in [0.1, 0.15) is 45.1 Å². The lowest BCUT2D eigenvalue weighted by Crippen LogP contribution is -2.35. The molecule has 0 bridgehead atoms. The van der Waals surface area contributed by atoms with Gasteiger partial charge in [-0.15, -0.1) is 0 Å². The minimum atomic E-state index is -0.503. The van der Waals surface area contributed by atoms with Gasteiger partial charge in [0.1, 0.15) is 11.6 Å². The van der Waals surface area contributed by atoms with E-state index in [-0.39, 0.29) is 0 Å². The molecule has 1 aliphatic carbocycles. The molecule has 3 heteroatoms. The zero-order valence-corrected chi connectivity index (χ0v) is 11.1. The van der Waals surface area contributed by atoms with Crippen molar-refractivity contribution in [1.82, 2.24) is 5.32 Å². The summed E-state index contributed by atoms with van der Waals surface area (Å²) in [6.45, 7) is 5.14. The zero-order chi connectivity index (χ0) is 13.2. The van der Waals surface area contributed by atoms with E-state index >= 15 is 0 Å². The first-order valence-electron chi connectivity index (χ1n) is 6.63. The molecule has 1 aliphatic rings. The molecule has 0 amide bonds. The third-order valence-electron chi connectivity index (χ3n) is 3.86. The lowest BCUT2D eigenvalue weighted by molar-refractivity contribution is 0.206. The van der Waals surface area contributed by atoms with Crippen LogP contribution in [-0.2, 0) is 6.54 Å². The van der Waals surface area contributed by atoms with Crippen molar-refractivity contribution >= 4 is 0 Å². The maximum atomic E-state index is 13.0. The van der Waals surface area contributed by atoms with E-state index in [2.05, 4.69) is 19.2 Å². The molecule has 1 aromatic carbocycles.